The Morgan fingerprint density at radius 2 is 2.03 bits per heavy atom. The summed E-state index contributed by atoms with van der Waals surface area (Å²) in [6.07, 6.45) is 3.83. The number of amides is 1. The maximum atomic E-state index is 12.3. The van der Waals surface area contributed by atoms with Crippen molar-refractivity contribution in [1.29, 1.82) is 0 Å². The average Bonchev–Trinajstić information content (AvgIpc) is 3.18. The first-order valence-electron chi connectivity index (χ1n) is 10.3. The zero-order valence-corrected chi connectivity index (χ0v) is 18.2. The maximum absolute atomic E-state index is 12.3. The lowest BCUT2D eigenvalue weighted by atomic mass is 10.1. The molecule has 0 fully saturated rings. The van der Waals surface area contributed by atoms with E-state index in [0.717, 1.165) is 16.7 Å². The Hall–Kier alpha value is -3.88. The second-order valence-electron chi connectivity index (χ2n) is 8.58. The molecule has 1 aliphatic rings. The first-order chi connectivity index (χ1) is 15.2. The van der Waals surface area contributed by atoms with Crippen LogP contribution in [-0.2, 0) is 4.74 Å². The van der Waals surface area contributed by atoms with Gasteiger partial charge >= 0.3 is 12.1 Å². The lowest BCUT2D eigenvalue weighted by Crippen LogP contribution is -2.39. The number of aromatic amines is 1. The van der Waals surface area contributed by atoms with E-state index in [0.29, 0.717) is 36.7 Å². The van der Waals surface area contributed by atoms with E-state index in [4.69, 9.17) is 4.74 Å². The molecule has 9 heteroatoms. The number of anilines is 2. The average molecular weight is 435 g/mol. The van der Waals surface area contributed by atoms with Crippen LogP contribution in [0.2, 0.25) is 0 Å². The van der Waals surface area contributed by atoms with Crippen molar-refractivity contribution in [2.24, 2.45) is 0 Å². The molecule has 0 bridgehead atoms. The van der Waals surface area contributed by atoms with Gasteiger partial charge in [-0.05, 0) is 57.0 Å². The molecule has 0 atom stereocenters. The Morgan fingerprint density at radius 3 is 2.72 bits per heavy atom. The van der Waals surface area contributed by atoms with Crippen molar-refractivity contribution in [2.75, 3.05) is 18.4 Å². The fraction of sp³-hybridized carbons (Fsp3) is 0.304. The third kappa shape index (κ3) is 4.72. The van der Waals surface area contributed by atoms with Crippen molar-refractivity contribution < 1.29 is 19.4 Å². The molecule has 32 heavy (non-hydrogen) atoms. The molecule has 1 aromatic carbocycles. The molecule has 1 aliphatic heterocycles. The molecule has 4 rings (SSSR count). The van der Waals surface area contributed by atoms with Gasteiger partial charge in [0, 0.05) is 24.5 Å². The van der Waals surface area contributed by atoms with Crippen LogP contribution in [0, 0.1) is 0 Å². The molecule has 166 valence electrons. The van der Waals surface area contributed by atoms with Gasteiger partial charge in [0.2, 0.25) is 0 Å². The van der Waals surface area contributed by atoms with Gasteiger partial charge in [-0.25, -0.2) is 19.6 Å². The van der Waals surface area contributed by atoms with Gasteiger partial charge in [0.1, 0.15) is 23.4 Å². The van der Waals surface area contributed by atoms with Crippen LogP contribution in [0.1, 0.15) is 43.2 Å². The first-order valence-corrected chi connectivity index (χ1v) is 10.3. The van der Waals surface area contributed by atoms with Gasteiger partial charge in [-0.1, -0.05) is 12.1 Å². The number of carbonyl (C=O) groups excluding carboxylic acids is 1. The van der Waals surface area contributed by atoms with Crippen LogP contribution in [0.3, 0.4) is 0 Å². The number of hydrogen-bond donors (Lipinski definition) is 3. The highest BCUT2D eigenvalue weighted by molar-refractivity contribution is 5.93. The summed E-state index contributed by atoms with van der Waals surface area (Å²) in [4.78, 5) is 37.2. The molecule has 0 unspecified atom stereocenters. The van der Waals surface area contributed by atoms with E-state index in [2.05, 4.69) is 20.3 Å². The monoisotopic (exact) mass is 435 g/mol. The van der Waals surface area contributed by atoms with Gasteiger partial charge in [-0.2, -0.15) is 0 Å². The second kappa shape index (κ2) is 8.33. The Labute approximate surface area is 185 Å². The number of nitrogens with zero attached hydrogens (tertiary/aromatic N) is 3. The predicted octanol–water partition coefficient (Wildman–Crippen LogP) is 4.42. The highest BCUT2D eigenvalue weighted by atomic mass is 16.6. The zero-order chi connectivity index (χ0) is 22.9. The van der Waals surface area contributed by atoms with Gasteiger partial charge in [-0.3, -0.25) is 0 Å². The number of carbonyl (C=O) groups is 2. The smallest absolute Gasteiger partial charge is 0.410 e. The molecular weight excluding hydrogens is 410 g/mol. The molecular formula is C23H25N5O4. The predicted molar refractivity (Wildman–Crippen MR) is 121 cm³/mol. The number of aromatic carboxylic acids is 1. The van der Waals surface area contributed by atoms with Gasteiger partial charge in [0.05, 0.1) is 10.9 Å². The fourth-order valence-corrected chi connectivity index (χ4v) is 3.49. The zero-order valence-electron chi connectivity index (χ0n) is 18.2. The number of H-pyrrole nitrogens is 1. The molecule has 3 aromatic rings. The van der Waals surface area contributed by atoms with Crippen LogP contribution in [-0.4, -0.2) is 55.7 Å². The minimum absolute atomic E-state index is 0.192. The molecule has 0 spiro atoms. The summed E-state index contributed by atoms with van der Waals surface area (Å²) in [6.45, 7) is 6.59. The summed E-state index contributed by atoms with van der Waals surface area (Å²) in [5.74, 6) is -0.415. The molecule has 1 amide bonds. The number of carboxylic acid groups (broad SMARTS) is 1. The standard InChI is InChI=1S/C23H25N5O4/c1-23(2,3)32-22(31)28-9-7-14(8-10-28)18-12-17-19(24-13-25-20(17)27-18)26-16-6-4-5-15(11-16)21(29)30/h4-7,11-13H,8-10H2,1-3H3,(H,29,30)(H2,24,25,26,27). The molecule has 3 N–H and O–H groups in total. The van der Waals surface area contributed by atoms with Crippen LogP contribution in [0.4, 0.5) is 16.3 Å². The van der Waals surface area contributed by atoms with E-state index < -0.39 is 11.6 Å². The van der Waals surface area contributed by atoms with Crippen LogP contribution < -0.4 is 5.32 Å². The largest absolute Gasteiger partial charge is 0.478 e. The lowest BCUT2D eigenvalue weighted by Gasteiger charge is -2.29. The maximum Gasteiger partial charge on any atom is 0.410 e. The Balaban J connectivity index is 1.54. The summed E-state index contributed by atoms with van der Waals surface area (Å²) in [5, 5.41) is 13.2. The van der Waals surface area contributed by atoms with Gasteiger partial charge in [0.25, 0.3) is 0 Å². The Kier molecular flexibility index (Phi) is 5.56. The Bertz CT molecular complexity index is 1210. The number of carboxylic acids is 1. The topological polar surface area (TPSA) is 120 Å². The van der Waals surface area contributed by atoms with Crippen molar-refractivity contribution in [3.8, 4) is 0 Å². The van der Waals surface area contributed by atoms with E-state index in [1.165, 1.54) is 12.4 Å². The number of fused-ring (bicyclic) bond motifs is 1. The minimum atomic E-state index is -0.991. The molecule has 0 saturated carbocycles. The molecule has 0 radical (unpaired) electrons. The second-order valence-corrected chi connectivity index (χ2v) is 8.58. The van der Waals surface area contributed by atoms with Gasteiger partial charge in [-0.15, -0.1) is 0 Å². The van der Waals surface area contributed by atoms with Crippen LogP contribution >= 0.6 is 0 Å². The van der Waals surface area contributed by atoms with E-state index in [9.17, 15) is 14.7 Å². The highest BCUT2D eigenvalue weighted by Gasteiger charge is 2.24. The molecule has 9 nitrogen and oxygen atoms in total. The lowest BCUT2D eigenvalue weighted by molar-refractivity contribution is 0.0270. The number of hydrogen-bond acceptors (Lipinski definition) is 6. The normalized spacial score (nSPS) is 14.2. The van der Waals surface area contributed by atoms with Crippen molar-refractivity contribution in [2.45, 2.75) is 32.8 Å². The number of ether oxygens (including phenoxy) is 1. The highest BCUT2D eigenvalue weighted by Crippen LogP contribution is 2.29. The van der Waals surface area contributed by atoms with E-state index >= 15 is 0 Å². The quantitative estimate of drug-likeness (QED) is 0.554. The summed E-state index contributed by atoms with van der Waals surface area (Å²) in [7, 11) is 0. The van der Waals surface area contributed by atoms with Crippen molar-refractivity contribution in [1.82, 2.24) is 19.9 Å². The summed E-state index contributed by atoms with van der Waals surface area (Å²) >= 11 is 0. The number of aromatic nitrogens is 3. The van der Waals surface area contributed by atoms with Crippen LogP contribution in [0.25, 0.3) is 16.6 Å². The SMILES string of the molecule is CC(C)(C)OC(=O)N1CC=C(c2cc3c(Nc4cccc(C(=O)O)c4)ncnc3[nH]2)CC1. The molecule has 0 saturated heterocycles. The summed E-state index contributed by atoms with van der Waals surface area (Å²) in [5.41, 5.74) is 2.95. The number of nitrogens with one attached hydrogen (secondary N) is 2. The molecule has 0 aliphatic carbocycles. The van der Waals surface area contributed by atoms with Gasteiger partial charge < -0.3 is 25.0 Å². The van der Waals surface area contributed by atoms with Crippen LogP contribution in [0.5, 0.6) is 0 Å². The fourth-order valence-electron chi connectivity index (χ4n) is 3.49. The van der Waals surface area contributed by atoms with Gasteiger partial charge in [0.15, 0.2) is 0 Å². The molecule has 2 aromatic heterocycles. The van der Waals surface area contributed by atoms with Crippen molar-refractivity contribution in [3.63, 3.8) is 0 Å². The number of rotatable bonds is 4. The third-order valence-corrected chi connectivity index (χ3v) is 5.00. The Morgan fingerprint density at radius 1 is 1.22 bits per heavy atom. The number of benzene rings is 1. The van der Waals surface area contributed by atoms with Crippen molar-refractivity contribution >= 4 is 40.2 Å². The van der Waals surface area contributed by atoms with E-state index in [1.807, 2.05) is 32.9 Å². The van der Waals surface area contributed by atoms with E-state index in [-0.39, 0.29) is 11.7 Å². The summed E-state index contributed by atoms with van der Waals surface area (Å²) in [6, 6.07) is 8.51. The third-order valence-electron chi connectivity index (χ3n) is 5.00. The van der Waals surface area contributed by atoms with E-state index in [1.54, 1.807) is 23.1 Å². The minimum Gasteiger partial charge on any atom is -0.478 e. The van der Waals surface area contributed by atoms with Crippen molar-refractivity contribution in [3.05, 3.63) is 54.0 Å². The first kappa shape index (κ1) is 21.4. The molecule has 3 heterocycles. The summed E-state index contributed by atoms with van der Waals surface area (Å²) < 4.78 is 5.45. The van der Waals surface area contributed by atoms with Crippen LogP contribution in [0.15, 0.2) is 42.7 Å².